The minimum atomic E-state index is 0.809. The monoisotopic (exact) mass is 230 g/mol. The molecule has 2 heteroatoms. The van der Waals surface area contributed by atoms with Crippen molar-refractivity contribution in [1.82, 2.24) is 10.6 Å². The molecule has 1 aromatic carbocycles. The Morgan fingerprint density at radius 2 is 1.82 bits per heavy atom. The molecule has 3 rings (SSSR count). The van der Waals surface area contributed by atoms with Crippen LogP contribution in [-0.2, 0) is 6.42 Å². The summed E-state index contributed by atoms with van der Waals surface area (Å²) in [6.45, 7) is 3.58. The fourth-order valence-corrected chi connectivity index (χ4v) is 2.79. The molecule has 0 aromatic heterocycles. The van der Waals surface area contributed by atoms with Crippen LogP contribution in [0.3, 0.4) is 0 Å². The van der Waals surface area contributed by atoms with Crippen molar-refractivity contribution >= 4 is 0 Å². The highest BCUT2D eigenvalue weighted by Crippen LogP contribution is 2.23. The van der Waals surface area contributed by atoms with Crippen molar-refractivity contribution in [3.63, 3.8) is 0 Å². The predicted octanol–water partition coefficient (Wildman–Crippen LogP) is 1.82. The van der Waals surface area contributed by atoms with Gasteiger partial charge < -0.3 is 10.6 Å². The molecule has 0 unspecified atom stereocenters. The van der Waals surface area contributed by atoms with Crippen molar-refractivity contribution < 1.29 is 0 Å². The molecule has 1 heterocycles. The van der Waals surface area contributed by atoms with Crippen molar-refractivity contribution in [2.24, 2.45) is 11.8 Å². The Labute approximate surface area is 104 Å². The van der Waals surface area contributed by atoms with Gasteiger partial charge in [-0.15, -0.1) is 0 Å². The predicted molar refractivity (Wildman–Crippen MR) is 71.0 cm³/mol. The Morgan fingerprint density at radius 1 is 1.06 bits per heavy atom. The zero-order chi connectivity index (χ0) is 11.5. The summed E-state index contributed by atoms with van der Waals surface area (Å²) in [5.41, 5.74) is 1.48. The van der Waals surface area contributed by atoms with Crippen LogP contribution in [0.25, 0.3) is 0 Å². The number of hydrogen-bond donors (Lipinski definition) is 2. The molecule has 1 aliphatic carbocycles. The lowest BCUT2D eigenvalue weighted by molar-refractivity contribution is 0.391. The highest BCUT2D eigenvalue weighted by Gasteiger charge is 2.29. The van der Waals surface area contributed by atoms with Gasteiger partial charge in [-0.2, -0.15) is 0 Å². The third-order valence-electron chi connectivity index (χ3n) is 4.07. The molecule has 2 aliphatic rings. The number of nitrogens with one attached hydrogen (secondary N) is 2. The zero-order valence-electron chi connectivity index (χ0n) is 10.4. The maximum absolute atomic E-state index is 3.67. The van der Waals surface area contributed by atoms with Gasteiger partial charge in [-0.3, -0.25) is 0 Å². The Hall–Kier alpha value is -0.860. The van der Waals surface area contributed by atoms with Crippen LogP contribution in [0.1, 0.15) is 18.4 Å². The lowest BCUT2D eigenvalue weighted by Gasteiger charge is -2.19. The van der Waals surface area contributed by atoms with E-state index in [0.717, 1.165) is 17.9 Å². The summed E-state index contributed by atoms with van der Waals surface area (Å²) in [5.74, 6) is 1.62. The van der Waals surface area contributed by atoms with Gasteiger partial charge in [0.05, 0.1) is 0 Å². The SMILES string of the molecule is c1ccc(C[C@@H]2CNC[C@@H]2CNC2CC2)cc1. The Morgan fingerprint density at radius 3 is 2.59 bits per heavy atom. The average Bonchev–Trinajstić information content (AvgIpc) is 3.09. The van der Waals surface area contributed by atoms with Gasteiger partial charge in [-0.05, 0) is 56.3 Å². The van der Waals surface area contributed by atoms with Gasteiger partial charge in [0.2, 0.25) is 0 Å². The van der Waals surface area contributed by atoms with E-state index >= 15 is 0 Å². The number of rotatable bonds is 5. The normalized spacial score (nSPS) is 28.5. The number of benzene rings is 1. The molecule has 92 valence electrons. The maximum atomic E-state index is 3.67. The molecule has 0 radical (unpaired) electrons. The van der Waals surface area contributed by atoms with Gasteiger partial charge in [-0.25, -0.2) is 0 Å². The molecular formula is C15H22N2. The Bertz CT molecular complexity index is 345. The second kappa shape index (κ2) is 5.19. The first kappa shape index (κ1) is 11.2. The molecule has 0 bridgehead atoms. The highest BCUT2D eigenvalue weighted by molar-refractivity contribution is 5.16. The second-order valence-electron chi connectivity index (χ2n) is 5.55. The lowest BCUT2D eigenvalue weighted by atomic mass is 9.89. The van der Waals surface area contributed by atoms with Crippen LogP contribution in [0, 0.1) is 11.8 Å². The summed E-state index contributed by atoms with van der Waals surface area (Å²) in [6, 6.07) is 11.7. The third-order valence-corrected chi connectivity index (χ3v) is 4.07. The van der Waals surface area contributed by atoms with E-state index in [1.54, 1.807) is 0 Å². The fourth-order valence-electron chi connectivity index (χ4n) is 2.79. The molecule has 2 atom stereocenters. The standard InChI is InChI=1S/C15H22N2/c1-2-4-12(5-3-1)8-13-9-16-10-14(13)11-17-15-6-7-15/h1-5,13-17H,6-11H2/t13-,14-/m1/s1. The second-order valence-corrected chi connectivity index (χ2v) is 5.55. The van der Waals surface area contributed by atoms with E-state index in [0.29, 0.717) is 0 Å². The summed E-state index contributed by atoms with van der Waals surface area (Å²) in [6.07, 6.45) is 4.01. The summed E-state index contributed by atoms with van der Waals surface area (Å²) in [4.78, 5) is 0. The molecule has 1 saturated heterocycles. The quantitative estimate of drug-likeness (QED) is 0.806. The maximum Gasteiger partial charge on any atom is 0.00683 e. The van der Waals surface area contributed by atoms with E-state index in [1.807, 2.05) is 0 Å². The van der Waals surface area contributed by atoms with Crippen LogP contribution in [-0.4, -0.2) is 25.7 Å². The van der Waals surface area contributed by atoms with Crippen LogP contribution in [0.4, 0.5) is 0 Å². The van der Waals surface area contributed by atoms with Crippen LogP contribution in [0.15, 0.2) is 30.3 Å². The highest BCUT2D eigenvalue weighted by atomic mass is 15.0. The molecule has 2 fully saturated rings. The minimum absolute atomic E-state index is 0.809. The van der Waals surface area contributed by atoms with Gasteiger partial charge in [0.25, 0.3) is 0 Å². The molecule has 2 N–H and O–H groups in total. The fraction of sp³-hybridized carbons (Fsp3) is 0.600. The van der Waals surface area contributed by atoms with Gasteiger partial charge in [0.15, 0.2) is 0 Å². The topological polar surface area (TPSA) is 24.1 Å². The molecule has 1 saturated carbocycles. The molecule has 0 amide bonds. The van der Waals surface area contributed by atoms with Crippen LogP contribution >= 0.6 is 0 Å². The van der Waals surface area contributed by atoms with Gasteiger partial charge in [0.1, 0.15) is 0 Å². The van der Waals surface area contributed by atoms with Crippen LogP contribution in [0.5, 0.6) is 0 Å². The van der Waals surface area contributed by atoms with Crippen molar-refractivity contribution in [3.8, 4) is 0 Å². The average molecular weight is 230 g/mol. The van der Waals surface area contributed by atoms with E-state index in [-0.39, 0.29) is 0 Å². The molecule has 1 aromatic rings. The molecule has 1 aliphatic heterocycles. The zero-order valence-corrected chi connectivity index (χ0v) is 10.4. The first-order chi connectivity index (χ1) is 8.42. The summed E-state index contributed by atoms with van der Waals surface area (Å²) < 4.78 is 0. The van der Waals surface area contributed by atoms with Gasteiger partial charge in [0, 0.05) is 6.04 Å². The molecule has 17 heavy (non-hydrogen) atoms. The van der Waals surface area contributed by atoms with E-state index in [9.17, 15) is 0 Å². The van der Waals surface area contributed by atoms with E-state index in [4.69, 9.17) is 0 Å². The Kier molecular flexibility index (Phi) is 3.44. The van der Waals surface area contributed by atoms with Crippen molar-refractivity contribution in [2.75, 3.05) is 19.6 Å². The van der Waals surface area contributed by atoms with E-state index in [2.05, 4.69) is 41.0 Å². The van der Waals surface area contributed by atoms with E-state index < -0.39 is 0 Å². The van der Waals surface area contributed by atoms with Gasteiger partial charge in [-0.1, -0.05) is 30.3 Å². The van der Waals surface area contributed by atoms with E-state index in [1.165, 1.54) is 44.5 Å². The Balaban J connectivity index is 1.53. The summed E-state index contributed by atoms with van der Waals surface area (Å²) >= 11 is 0. The lowest BCUT2D eigenvalue weighted by Crippen LogP contribution is -2.30. The van der Waals surface area contributed by atoms with Gasteiger partial charge >= 0.3 is 0 Å². The molecule has 0 spiro atoms. The molecule has 2 nitrogen and oxygen atoms in total. The largest absolute Gasteiger partial charge is 0.316 e. The smallest absolute Gasteiger partial charge is 0.00683 e. The summed E-state index contributed by atoms with van der Waals surface area (Å²) in [7, 11) is 0. The van der Waals surface area contributed by atoms with Crippen LogP contribution in [0.2, 0.25) is 0 Å². The molecular weight excluding hydrogens is 208 g/mol. The third kappa shape index (κ3) is 3.08. The summed E-state index contributed by atoms with van der Waals surface area (Å²) in [5, 5.41) is 7.22. The van der Waals surface area contributed by atoms with Crippen molar-refractivity contribution in [1.29, 1.82) is 0 Å². The van der Waals surface area contributed by atoms with Crippen LogP contribution < -0.4 is 10.6 Å². The van der Waals surface area contributed by atoms with Crippen molar-refractivity contribution in [2.45, 2.75) is 25.3 Å². The van der Waals surface area contributed by atoms with Crippen molar-refractivity contribution in [3.05, 3.63) is 35.9 Å². The minimum Gasteiger partial charge on any atom is -0.316 e. The number of hydrogen-bond acceptors (Lipinski definition) is 2. The first-order valence-corrected chi connectivity index (χ1v) is 6.90. The first-order valence-electron chi connectivity index (χ1n) is 6.90.